The molecule has 11 atom stereocenters. The van der Waals surface area contributed by atoms with Gasteiger partial charge >= 0.3 is 0 Å². The highest BCUT2D eigenvalue weighted by atomic mass is 16.3. The van der Waals surface area contributed by atoms with Crippen molar-refractivity contribution in [2.24, 2.45) is 55.9 Å². The first-order valence-electron chi connectivity index (χ1n) is 32.3. The standard InChI is InChI=1S/C62H103N21O14/c1-36(75-49(87)34-74-60(97)50(38(3)85)83-58(95)46(33-40-20-8-5-9-21-40)77-48(86)26-12-15-29-71-54(91)41(65)32-39-18-6-4-7-19-39)52(89)79-45(25-17-31-73-62(69)70)56(93)81-43(23-11-14-28-64)57(94)82-47(35-84)59(96)76-37(2)53(90)80-44(24-16-30-72-61(67)68)55(92)78-42(51(66)88)22-10-13-27-63/h4-9,18-21,36-38,41-47,50,84-85H,10-17,22-35,63-65H2,1-3H3,(H2,66,88)(H,71,91)(H,74,97)(H,75,87)(H,76,96)(H,77,86)(H,78,92)(H,79,89)(H,80,90)(H,81,93)(H,82,94)(H,83,95)(H4,67,68,72)(H4,69,70,73)/t36-,37-,38+,41-,42-,43-,44-,45-,46-,47-,50-/m0/s1. The second kappa shape index (κ2) is 46.5. The maximum atomic E-state index is 14.1. The summed E-state index contributed by atoms with van der Waals surface area (Å²) in [5.41, 5.74) is 46.3. The average Bonchev–Trinajstić information content (AvgIpc) is 0.958. The summed E-state index contributed by atoms with van der Waals surface area (Å²) in [6.07, 6.45) is 1.38. The minimum absolute atomic E-state index is 0.0100. The normalized spacial score (nSPS) is 14.3. The fraction of sp³-hybridized carbons (Fsp3) is 0.581. The molecule has 2 aromatic carbocycles. The predicted octanol–water partition coefficient (Wildman–Crippen LogP) is -7.17. The Balaban J connectivity index is 2.16. The Morgan fingerprint density at radius 3 is 1.34 bits per heavy atom. The lowest BCUT2D eigenvalue weighted by atomic mass is 10.0. The maximum Gasteiger partial charge on any atom is 0.245 e. The number of amides is 12. The molecule has 0 aliphatic rings. The van der Waals surface area contributed by atoms with E-state index in [-0.39, 0.29) is 102 Å². The van der Waals surface area contributed by atoms with Crippen molar-refractivity contribution in [1.29, 1.82) is 0 Å². The van der Waals surface area contributed by atoms with Gasteiger partial charge in [-0.1, -0.05) is 60.7 Å². The number of aliphatic imine (C=N–C) groups is 2. The summed E-state index contributed by atoms with van der Waals surface area (Å²) in [7, 11) is 0. The van der Waals surface area contributed by atoms with E-state index in [1.807, 2.05) is 30.3 Å². The van der Waals surface area contributed by atoms with Crippen LogP contribution in [0, 0.1) is 0 Å². The van der Waals surface area contributed by atoms with Crippen molar-refractivity contribution >= 4 is 82.8 Å². The number of hydrogen-bond acceptors (Lipinski definition) is 19. The van der Waals surface area contributed by atoms with Crippen LogP contribution in [-0.4, -0.2) is 205 Å². The number of nitrogens with one attached hydrogen (secondary N) is 11. The number of nitrogens with zero attached hydrogens (tertiary/aromatic N) is 2. The number of benzene rings is 2. The second-order valence-corrected chi connectivity index (χ2v) is 23.2. The summed E-state index contributed by atoms with van der Waals surface area (Å²) in [5, 5.41) is 48.5. The van der Waals surface area contributed by atoms with Crippen LogP contribution >= 0.6 is 0 Å². The van der Waals surface area contributed by atoms with E-state index in [2.05, 4.69) is 68.5 Å². The van der Waals surface area contributed by atoms with Crippen LogP contribution in [-0.2, 0) is 70.4 Å². The van der Waals surface area contributed by atoms with Crippen molar-refractivity contribution in [2.45, 2.75) is 184 Å². The van der Waals surface area contributed by atoms with Crippen molar-refractivity contribution in [2.75, 3.05) is 45.9 Å². The van der Waals surface area contributed by atoms with E-state index in [9.17, 15) is 67.7 Å². The molecule has 0 fully saturated rings. The van der Waals surface area contributed by atoms with Gasteiger partial charge in [0.05, 0.1) is 25.3 Å². The molecule has 540 valence electrons. The third-order valence-electron chi connectivity index (χ3n) is 14.9. The van der Waals surface area contributed by atoms with Gasteiger partial charge in [0.15, 0.2) is 11.9 Å². The minimum Gasteiger partial charge on any atom is -0.394 e. The molecule has 2 aromatic rings. The number of hydrogen-bond donors (Lipinski definition) is 21. The van der Waals surface area contributed by atoms with E-state index < -0.39 is 145 Å². The van der Waals surface area contributed by atoms with Crippen LogP contribution in [0.2, 0.25) is 0 Å². The van der Waals surface area contributed by atoms with E-state index in [0.717, 1.165) is 5.56 Å². The summed E-state index contributed by atoms with van der Waals surface area (Å²) >= 11 is 0. The molecule has 12 amide bonds. The number of carbonyl (C=O) groups excluding carboxylic acids is 12. The molecule has 2 rings (SSSR count). The van der Waals surface area contributed by atoms with Gasteiger partial charge in [-0.3, -0.25) is 67.5 Å². The lowest BCUT2D eigenvalue weighted by molar-refractivity contribution is -0.136. The average molecular weight is 1370 g/mol. The van der Waals surface area contributed by atoms with Crippen molar-refractivity contribution in [3.8, 4) is 0 Å². The van der Waals surface area contributed by atoms with Crippen LogP contribution < -0.4 is 104 Å². The number of aliphatic hydroxyl groups excluding tert-OH is 2. The number of primary amides is 1. The molecule has 0 aliphatic heterocycles. The first-order chi connectivity index (χ1) is 46.1. The first kappa shape index (κ1) is 83.5. The highest BCUT2D eigenvalue weighted by molar-refractivity contribution is 5.98. The van der Waals surface area contributed by atoms with Gasteiger partial charge in [0.1, 0.15) is 54.4 Å². The summed E-state index contributed by atoms with van der Waals surface area (Å²) in [6.45, 7) is 2.79. The molecule has 0 aromatic heterocycles. The topological polar surface area (TPSA) is 611 Å². The molecule has 0 aliphatic carbocycles. The highest BCUT2D eigenvalue weighted by Gasteiger charge is 2.34. The molecule has 0 radical (unpaired) electrons. The van der Waals surface area contributed by atoms with Crippen LogP contribution in [0.3, 0.4) is 0 Å². The fourth-order valence-corrected chi connectivity index (χ4v) is 9.40. The third kappa shape index (κ3) is 34.6. The molecule has 0 bridgehead atoms. The van der Waals surface area contributed by atoms with E-state index in [4.69, 9.17) is 45.9 Å². The van der Waals surface area contributed by atoms with Crippen molar-refractivity contribution < 1.29 is 67.7 Å². The Bertz CT molecular complexity index is 2900. The Morgan fingerprint density at radius 1 is 0.433 bits per heavy atom. The summed E-state index contributed by atoms with van der Waals surface area (Å²) < 4.78 is 0. The fourth-order valence-electron chi connectivity index (χ4n) is 9.40. The number of nitrogens with two attached hydrogens (primary N) is 8. The first-order valence-corrected chi connectivity index (χ1v) is 32.3. The highest BCUT2D eigenvalue weighted by Crippen LogP contribution is 2.11. The van der Waals surface area contributed by atoms with Crippen LogP contribution in [0.4, 0.5) is 0 Å². The van der Waals surface area contributed by atoms with Crippen molar-refractivity contribution in [1.82, 2.24) is 58.5 Å². The zero-order valence-corrected chi connectivity index (χ0v) is 55.5. The maximum absolute atomic E-state index is 14.1. The van der Waals surface area contributed by atoms with Gasteiger partial charge in [-0.25, -0.2) is 0 Å². The number of carbonyl (C=O) groups is 12. The Hall–Kier alpha value is -9.58. The number of rotatable bonds is 48. The monoisotopic (exact) mass is 1370 g/mol. The number of guanidine groups is 2. The van der Waals surface area contributed by atoms with E-state index in [1.165, 1.54) is 20.8 Å². The van der Waals surface area contributed by atoms with Crippen LogP contribution in [0.5, 0.6) is 0 Å². The Labute approximate surface area is 564 Å². The zero-order chi connectivity index (χ0) is 72.4. The zero-order valence-electron chi connectivity index (χ0n) is 55.5. The molecule has 0 saturated heterocycles. The van der Waals surface area contributed by atoms with Gasteiger partial charge in [0.25, 0.3) is 0 Å². The largest absolute Gasteiger partial charge is 0.394 e. The van der Waals surface area contributed by atoms with E-state index in [1.54, 1.807) is 30.3 Å². The minimum atomic E-state index is -1.72. The van der Waals surface area contributed by atoms with Gasteiger partial charge in [0.2, 0.25) is 70.9 Å². The molecule has 97 heavy (non-hydrogen) atoms. The summed E-state index contributed by atoms with van der Waals surface area (Å²) in [4.78, 5) is 169. The number of unbranched alkanes of at least 4 members (excludes halogenated alkanes) is 3. The van der Waals surface area contributed by atoms with E-state index >= 15 is 0 Å². The molecule has 0 spiro atoms. The van der Waals surface area contributed by atoms with E-state index in [0.29, 0.717) is 50.6 Å². The molecule has 35 nitrogen and oxygen atoms in total. The Morgan fingerprint density at radius 2 is 0.866 bits per heavy atom. The number of aliphatic hydroxyl groups is 2. The van der Waals surface area contributed by atoms with Crippen molar-refractivity contribution in [3.05, 3.63) is 71.8 Å². The van der Waals surface area contributed by atoms with Crippen LogP contribution in [0.1, 0.15) is 115 Å². The Kier molecular flexibility index (Phi) is 40.1. The smallest absolute Gasteiger partial charge is 0.245 e. The lowest BCUT2D eigenvalue weighted by Gasteiger charge is -2.26. The molecule has 0 saturated carbocycles. The summed E-state index contributed by atoms with van der Waals surface area (Å²) in [5.74, 6) is -10.4. The third-order valence-corrected chi connectivity index (χ3v) is 14.9. The van der Waals surface area contributed by atoms with Crippen LogP contribution in [0.25, 0.3) is 0 Å². The summed E-state index contributed by atoms with van der Waals surface area (Å²) in [6, 6.07) is 4.57. The molecule has 0 heterocycles. The predicted molar refractivity (Wildman–Crippen MR) is 360 cm³/mol. The second-order valence-electron chi connectivity index (χ2n) is 23.2. The molecule has 0 unspecified atom stereocenters. The van der Waals surface area contributed by atoms with Crippen LogP contribution in [0.15, 0.2) is 70.6 Å². The van der Waals surface area contributed by atoms with Gasteiger partial charge in [-0.05, 0) is 128 Å². The molecular formula is C62H103N21O14. The van der Waals surface area contributed by atoms with Gasteiger partial charge in [-0.2, -0.15) is 0 Å². The SMILES string of the molecule is C[C@H](NC(=O)CNC(=O)[C@@H](NC(=O)[C@H](Cc1ccccc1)NC(=O)CCCCNC(=O)[C@@H](N)Cc1ccccc1)[C@@H](C)O)C(=O)N[C@@H](CCCN=C(N)N)C(=O)N[C@@H](CCCCN)C(=O)N[C@@H](CO)C(=O)N[C@@H](C)C(=O)N[C@@H](CCCN=C(N)N)C(=O)N[C@@H](CCCCN)C(N)=O. The van der Waals surface area contributed by atoms with Gasteiger partial charge in [0, 0.05) is 32.5 Å². The van der Waals surface area contributed by atoms with Gasteiger partial charge in [-0.15, -0.1) is 0 Å². The quantitative estimate of drug-likeness (QED) is 0.0166. The molecule has 29 N–H and O–H groups in total. The lowest BCUT2D eigenvalue weighted by Crippen LogP contribution is -2.60. The van der Waals surface area contributed by atoms with Gasteiger partial charge < -0.3 is 115 Å². The molecular weight excluding hydrogens is 1260 g/mol. The molecule has 35 heteroatoms. The van der Waals surface area contributed by atoms with Crippen molar-refractivity contribution in [3.63, 3.8) is 0 Å².